The van der Waals surface area contributed by atoms with Crippen molar-refractivity contribution >= 4 is 28.4 Å². The number of rotatable bonds is 5. The van der Waals surface area contributed by atoms with Crippen LogP contribution in [0.25, 0.3) is 27.7 Å². The Morgan fingerprint density at radius 2 is 1.77 bits per heavy atom. The van der Waals surface area contributed by atoms with Crippen molar-refractivity contribution in [2.75, 3.05) is 12.4 Å². The van der Waals surface area contributed by atoms with E-state index in [1.807, 2.05) is 25.1 Å². The Morgan fingerprint density at radius 1 is 0.974 bits per heavy atom. The molecule has 0 aliphatic heterocycles. The highest BCUT2D eigenvalue weighted by Crippen LogP contribution is 2.33. The average Bonchev–Trinajstić information content (AvgIpc) is 3.54. The van der Waals surface area contributed by atoms with Gasteiger partial charge in [0, 0.05) is 35.6 Å². The van der Waals surface area contributed by atoms with Crippen molar-refractivity contribution in [3.8, 4) is 16.8 Å². The molecule has 2 amide bonds. The van der Waals surface area contributed by atoms with Gasteiger partial charge in [-0.1, -0.05) is 12.1 Å². The van der Waals surface area contributed by atoms with Crippen LogP contribution in [0.3, 0.4) is 0 Å². The van der Waals surface area contributed by atoms with Crippen molar-refractivity contribution in [3.63, 3.8) is 0 Å². The van der Waals surface area contributed by atoms with Crippen LogP contribution in [0, 0.1) is 13.8 Å². The van der Waals surface area contributed by atoms with E-state index in [0.717, 1.165) is 28.8 Å². The van der Waals surface area contributed by atoms with Gasteiger partial charge in [0.15, 0.2) is 5.69 Å². The SMILES string of the molecule is CNC(=O)c1n[nH]c2cc(-c3cc(NC(=O)c4cc(-n5cnc(C)c5)cc(C(F)(F)F)c4)ccc3C)ccc12. The summed E-state index contributed by atoms with van der Waals surface area (Å²) in [6.07, 6.45) is -1.66. The maximum atomic E-state index is 13.6. The van der Waals surface area contributed by atoms with Gasteiger partial charge in [-0.25, -0.2) is 4.98 Å². The van der Waals surface area contributed by atoms with Crippen molar-refractivity contribution in [1.82, 2.24) is 25.1 Å². The van der Waals surface area contributed by atoms with E-state index in [0.29, 0.717) is 22.3 Å². The lowest BCUT2D eigenvalue weighted by molar-refractivity contribution is -0.137. The number of aromatic nitrogens is 4. The molecule has 0 bridgehead atoms. The smallest absolute Gasteiger partial charge is 0.354 e. The highest BCUT2D eigenvalue weighted by molar-refractivity contribution is 6.06. The number of alkyl halides is 3. The number of carbonyl (C=O) groups is 2. The fraction of sp³-hybridized carbons (Fsp3) is 0.143. The molecule has 0 spiro atoms. The highest BCUT2D eigenvalue weighted by atomic mass is 19.4. The van der Waals surface area contributed by atoms with Crippen molar-refractivity contribution in [2.24, 2.45) is 0 Å². The summed E-state index contributed by atoms with van der Waals surface area (Å²) in [4.78, 5) is 29.2. The maximum Gasteiger partial charge on any atom is 0.416 e. The van der Waals surface area contributed by atoms with Gasteiger partial charge >= 0.3 is 6.18 Å². The van der Waals surface area contributed by atoms with Gasteiger partial charge in [-0.05, 0) is 73.0 Å². The van der Waals surface area contributed by atoms with E-state index >= 15 is 0 Å². The molecule has 0 aliphatic carbocycles. The minimum atomic E-state index is -4.64. The summed E-state index contributed by atoms with van der Waals surface area (Å²) >= 11 is 0. The number of carbonyl (C=O) groups excluding carboxylic acids is 2. The summed E-state index contributed by atoms with van der Waals surface area (Å²) in [5, 5.41) is 12.9. The Hall–Kier alpha value is -4.93. The standard InChI is InChI=1S/C28H23F3N6O2/c1-15-4-6-20(12-23(15)17-5-7-22-24(10-17)35-36-25(22)27(39)32-3)34-26(38)18-8-19(28(29,30)31)11-21(9-18)37-13-16(2)33-14-37/h4-14H,1-3H3,(H,32,39)(H,34,38)(H,35,36). The normalized spacial score (nSPS) is 11.5. The van der Waals surface area contributed by atoms with Crippen LogP contribution < -0.4 is 10.6 Å². The number of imidazole rings is 1. The monoisotopic (exact) mass is 532 g/mol. The molecule has 0 saturated carbocycles. The number of aromatic amines is 1. The molecule has 5 rings (SSSR count). The number of halogens is 3. The average molecular weight is 533 g/mol. The number of nitrogens with one attached hydrogen (secondary N) is 3. The quantitative estimate of drug-likeness (QED) is 0.272. The third-order valence-corrected chi connectivity index (χ3v) is 6.33. The molecular formula is C28H23F3N6O2. The van der Waals surface area contributed by atoms with Gasteiger partial charge in [0.1, 0.15) is 0 Å². The van der Waals surface area contributed by atoms with Crippen LogP contribution in [0.15, 0.2) is 67.1 Å². The van der Waals surface area contributed by atoms with Crippen LogP contribution in [-0.2, 0) is 6.18 Å². The first-order valence-corrected chi connectivity index (χ1v) is 11.9. The summed E-state index contributed by atoms with van der Waals surface area (Å²) in [5.74, 6) is -0.996. The first-order valence-electron chi connectivity index (χ1n) is 11.9. The van der Waals surface area contributed by atoms with Crippen molar-refractivity contribution in [2.45, 2.75) is 20.0 Å². The maximum absolute atomic E-state index is 13.6. The Morgan fingerprint density at radius 3 is 2.46 bits per heavy atom. The van der Waals surface area contributed by atoms with Gasteiger partial charge in [-0.2, -0.15) is 18.3 Å². The third-order valence-electron chi connectivity index (χ3n) is 6.33. The lowest BCUT2D eigenvalue weighted by Gasteiger charge is -2.14. The van der Waals surface area contributed by atoms with Gasteiger partial charge in [-0.3, -0.25) is 14.7 Å². The van der Waals surface area contributed by atoms with Crippen LogP contribution in [0.5, 0.6) is 0 Å². The van der Waals surface area contributed by atoms with E-state index < -0.39 is 17.6 Å². The largest absolute Gasteiger partial charge is 0.416 e. The van der Waals surface area contributed by atoms with E-state index in [-0.39, 0.29) is 22.9 Å². The number of anilines is 1. The molecule has 5 aromatic rings. The second-order valence-corrected chi connectivity index (χ2v) is 9.08. The number of nitrogens with zero attached hydrogens (tertiary/aromatic N) is 3. The Labute approximate surface area is 220 Å². The number of aryl methyl sites for hydroxylation is 2. The van der Waals surface area contributed by atoms with E-state index in [4.69, 9.17) is 0 Å². The molecule has 0 saturated heterocycles. The van der Waals surface area contributed by atoms with Crippen LogP contribution in [0.2, 0.25) is 0 Å². The summed E-state index contributed by atoms with van der Waals surface area (Å²) < 4.78 is 42.3. The van der Waals surface area contributed by atoms with E-state index in [1.54, 1.807) is 31.3 Å². The minimum absolute atomic E-state index is 0.145. The first-order chi connectivity index (χ1) is 18.5. The van der Waals surface area contributed by atoms with Crippen molar-refractivity contribution in [3.05, 3.63) is 95.2 Å². The predicted octanol–water partition coefficient (Wildman–Crippen LogP) is 5.66. The van der Waals surface area contributed by atoms with Gasteiger partial charge in [0.25, 0.3) is 11.8 Å². The number of amides is 2. The molecule has 0 radical (unpaired) electrons. The summed E-state index contributed by atoms with van der Waals surface area (Å²) in [6, 6.07) is 13.9. The molecule has 2 aromatic heterocycles. The molecule has 3 aromatic carbocycles. The molecule has 2 heterocycles. The minimum Gasteiger partial charge on any atom is -0.354 e. The van der Waals surface area contributed by atoms with Crippen LogP contribution in [0.1, 0.15) is 37.7 Å². The van der Waals surface area contributed by atoms with E-state index in [9.17, 15) is 22.8 Å². The molecule has 0 unspecified atom stereocenters. The fourth-order valence-electron chi connectivity index (χ4n) is 4.31. The molecule has 11 heteroatoms. The predicted molar refractivity (Wildman–Crippen MR) is 141 cm³/mol. The molecule has 0 atom stereocenters. The number of fused-ring (bicyclic) bond motifs is 1. The molecule has 0 aliphatic rings. The van der Waals surface area contributed by atoms with Crippen LogP contribution in [0.4, 0.5) is 18.9 Å². The van der Waals surface area contributed by atoms with Gasteiger partial charge in [0.2, 0.25) is 0 Å². The van der Waals surface area contributed by atoms with Gasteiger partial charge in [0.05, 0.1) is 23.1 Å². The van der Waals surface area contributed by atoms with Crippen molar-refractivity contribution in [1.29, 1.82) is 0 Å². The Kier molecular flexibility index (Phi) is 6.43. The number of hydrogen-bond donors (Lipinski definition) is 3. The number of H-pyrrole nitrogens is 1. The molecular weight excluding hydrogens is 509 g/mol. The number of hydrogen-bond acceptors (Lipinski definition) is 4. The van der Waals surface area contributed by atoms with E-state index in [2.05, 4.69) is 25.8 Å². The van der Waals surface area contributed by atoms with Crippen LogP contribution >= 0.6 is 0 Å². The Bertz CT molecular complexity index is 1740. The van der Waals surface area contributed by atoms with Gasteiger partial charge < -0.3 is 15.2 Å². The molecule has 198 valence electrons. The fourth-order valence-corrected chi connectivity index (χ4v) is 4.31. The zero-order valence-corrected chi connectivity index (χ0v) is 21.1. The lowest BCUT2D eigenvalue weighted by Crippen LogP contribution is -2.18. The molecule has 39 heavy (non-hydrogen) atoms. The summed E-state index contributed by atoms with van der Waals surface area (Å²) in [5.41, 5.74) is 3.58. The topological polar surface area (TPSA) is 105 Å². The zero-order valence-electron chi connectivity index (χ0n) is 21.1. The van der Waals surface area contributed by atoms with Crippen molar-refractivity contribution < 1.29 is 22.8 Å². The molecule has 0 fully saturated rings. The van der Waals surface area contributed by atoms with Gasteiger partial charge in [-0.15, -0.1) is 0 Å². The second kappa shape index (κ2) is 9.75. The van der Waals surface area contributed by atoms with Crippen LogP contribution in [-0.4, -0.2) is 38.6 Å². The Balaban J connectivity index is 1.47. The highest BCUT2D eigenvalue weighted by Gasteiger charge is 2.32. The molecule has 8 nitrogen and oxygen atoms in total. The zero-order chi connectivity index (χ0) is 27.9. The third kappa shape index (κ3) is 5.11. The molecule has 3 N–H and O–H groups in total. The summed E-state index contributed by atoms with van der Waals surface area (Å²) in [6.45, 7) is 3.62. The second-order valence-electron chi connectivity index (χ2n) is 9.08. The lowest BCUT2D eigenvalue weighted by atomic mass is 9.98. The first kappa shape index (κ1) is 25.7. The number of benzene rings is 3. The van der Waals surface area contributed by atoms with E-state index in [1.165, 1.54) is 24.0 Å². The summed E-state index contributed by atoms with van der Waals surface area (Å²) in [7, 11) is 1.53.